The molecule has 102 valence electrons. The van der Waals surface area contributed by atoms with Crippen LogP contribution < -0.4 is 5.32 Å². The van der Waals surface area contributed by atoms with Crippen LogP contribution in [0.3, 0.4) is 0 Å². The first-order chi connectivity index (χ1) is 9.47. The van der Waals surface area contributed by atoms with E-state index in [9.17, 15) is 14.0 Å². The summed E-state index contributed by atoms with van der Waals surface area (Å²) in [5.41, 5.74) is 0.115. The normalized spacial score (nSPS) is 10.1. The van der Waals surface area contributed by atoms with Crippen molar-refractivity contribution in [3.05, 3.63) is 63.9 Å². The van der Waals surface area contributed by atoms with Crippen LogP contribution in [0.2, 0.25) is 0 Å². The number of benzene rings is 2. The smallest absolute Gasteiger partial charge is 0.335 e. The van der Waals surface area contributed by atoms with Crippen LogP contribution in [0.5, 0.6) is 0 Å². The molecule has 0 aliphatic rings. The molecule has 0 fully saturated rings. The molecule has 0 radical (unpaired) electrons. The molecule has 20 heavy (non-hydrogen) atoms. The number of amides is 1. The van der Waals surface area contributed by atoms with Gasteiger partial charge in [-0.2, -0.15) is 0 Å². The molecule has 2 aromatic carbocycles. The molecule has 4 nitrogen and oxygen atoms in total. The molecule has 1 amide bonds. The van der Waals surface area contributed by atoms with Gasteiger partial charge in [0.1, 0.15) is 5.82 Å². The van der Waals surface area contributed by atoms with Crippen molar-refractivity contribution >= 4 is 33.5 Å². The Hall–Kier alpha value is -2.21. The number of nitrogens with one attached hydrogen (secondary N) is 1. The van der Waals surface area contributed by atoms with Crippen molar-refractivity contribution in [3.63, 3.8) is 0 Å². The number of aromatic carboxylic acids is 1. The highest BCUT2D eigenvalue weighted by Gasteiger charge is 2.12. The third-order valence-electron chi connectivity index (χ3n) is 2.55. The van der Waals surface area contributed by atoms with Crippen LogP contribution in [0.15, 0.2) is 46.9 Å². The Labute approximate surface area is 122 Å². The molecular formula is C14H9BrFNO3. The fourth-order valence-electron chi connectivity index (χ4n) is 1.57. The molecule has 0 unspecified atom stereocenters. The maximum atomic E-state index is 13.7. The lowest BCUT2D eigenvalue weighted by atomic mass is 10.1. The van der Waals surface area contributed by atoms with Crippen LogP contribution in [-0.2, 0) is 0 Å². The lowest BCUT2D eigenvalue weighted by molar-refractivity contribution is 0.0696. The zero-order valence-electron chi connectivity index (χ0n) is 10.1. The van der Waals surface area contributed by atoms with Gasteiger partial charge in [-0.25, -0.2) is 9.18 Å². The van der Waals surface area contributed by atoms with Crippen LogP contribution >= 0.6 is 15.9 Å². The van der Waals surface area contributed by atoms with E-state index in [1.165, 1.54) is 12.1 Å². The zero-order valence-corrected chi connectivity index (χ0v) is 11.6. The minimum Gasteiger partial charge on any atom is -0.478 e. The van der Waals surface area contributed by atoms with E-state index in [4.69, 9.17) is 5.11 Å². The minimum absolute atomic E-state index is 0.0695. The van der Waals surface area contributed by atoms with Gasteiger partial charge >= 0.3 is 5.97 Å². The number of hydrogen-bond donors (Lipinski definition) is 2. The molecular weight excluding hydrogens is 329 g/mol. The molecule has 0 aromatic heterocycles. The minimum atomic E-state index is -1.23. The van der Waals surface area contributed by atoms with Gasteiger partial charge in [0.15, 0.2) is 0 Å². The van der Waals surface area contributed by atoms with Crippen molar-refractivity contribution in [2.75, 3.05) is 5.32 Å². The highest BCUT2D eigenvalue weighted by atomic mass is 79.9. The predicted molar refractivity (Wildman–Crippen MR) is 75.5 cm³/mol. The number of carbonyl (C=O) groups excluding carboxylic acids is 1. The topological polar surface area (TPSA) is 66.4 Å². The number of rotatable bonds is 3. The molecule has 0 heterocycles. The molecule has 0 atom stereocenters. The van der Waals surface area contributed by atoms with Crippen molar-refractivity contribution in [2.45, 2.75) is 0 Å². The number of hydrogen-bond acceptors (Lipinski definition) is 2. The van der Waals surface area contributed by atoms with E-state index in [-0.39, 0.29) is 11.3 Å². The summed E-state index contributed by atoms with van der Waals surface area (Å²) in [6.07, 6.45) is 0. The molecule has 0 aliphatic carbocycles. The molecule has 2 rings (SSSR count). The molecule has 0 aliphatic heterocycles. The Balaban J connectivity index is 2.22. The van der Waals surface area contributed by atoms with Crippen molar-refractivity contribution in [1.29, 1.82) is 0 Å². The predicted octanol–water partition coefficient (Wildman–Crippen LogP) is 3.54. The number of anilines is 1. The Morgan fingerprint density at radius 1 is 1.10 bits per heavy atom. The van der Waals surface area contributed by atoms with E-state index in [0.717, 1.165) is 10.5 Å². The van der Waals surface area contributed by atoms with Gasteiger partial charge in [-0.15, -0.1) is 0 Å². The van der Waals surface area contributed by atoms with Gasteiger partial charge in [0.2, 0.25) is 0 Å². The first-order valence-corrected chi connectivity index (χ1v) is 6.36. The Morgan fingerprint density at radius 2 is 1.85 bits per heavy atom. The molecule has 2 aromatic rings. The summed E-state index contributed by atoms with van der Waals surface area (Å²) < 4.78 is 14.4. The molecule has 0 saturated heterocycles. The number of carboxylic acids is 1. The molecule has 2 N–H and O–H groups in total. The van der Waals surface area contributed by atoms with Crippen LogP contribution in [0.25, 0.3) is 0 Å². The van der Waals surface area contributed by atoms with Gasteiger partial charge < -0.3 is 10.4 Å². The second-order valence-electron chi connectivity index (χ2n) is 3.96. The number of carboxylic acid groups (broad SMARTS) is 1. The monoisotopic (exact) mass is 337 g/mol. The average Bonchev–Trinajstić information content (AvgIpc) is 2.40. The van der Waals surface area contributed by atoms with Crippen LogP contribution in [0.1, 0.15) is 20.7 Å². The standard InChI is InChI=1S/C14H9BrFNO3/c15-10-3-1-2-8(6-10)13(18)17-12-5-4-9(14(19)20)7-11(12)16/h1-7H,(H,17,18)(H,19,20). The first-order valence-electron chi connectivity index (χ1n) is 5.57. The summed E-state index contributed by atoms with van der Waals surface area (Å²) in [5, 5.41) is 11.1. The van der Waals surface area contributed by atoms with Crippen molar-refractivity contribution < 1.29 is 19.1 Å². The van der Waals surface area contributed by atoms with Gasteiger partial charge in [0.25, 0.3) is 5.91 Å². The maximum Gasteiger partial charge on any atom is 0.335 e. The van der Waals surface area contributed by atoms with E-state index in [1.807, 2.05) is 0 Å². The SMILES string of the molecule is O=C(O)c1ccc(NC(=O)c2cccc(Br)c2)c(F)c1. The molecule has 6 heteroatoms. The summed E-state index contributed by atoms with van der Waals surface area (Å²) in [7, 11) is 0. The van der Waals surface area contributed by atoms with E-state index in [1.54, 1.807) is 24.3 Å². The van der Waals surface area contributed by atoms with Gasteiger partial charge in [-0.05, 0) is 36.4 Å². The highest BCUT2D eigenvalue weighted by Crippen LogP contribution is 2.18. The van der Waals surface area contributed by atoms with Gasteiger partial charge in [-0.1, -0.05) is 22.0 Å². The first kappa shape index (κ1) is 14.2. The molecule has 0 saturated carbocycles. The van der Waals surface area contributed by atoms with Gasteiger partial charge in [0, 0.05) is 10.0 Å². The van der Waals surface area contributed by atoms with Crippen LogP contribution in [-0.4, -0.2) is 17.0 Å². The van der Waals surface area contributed by atoms with Gasteiger partial charge in [0.05, 0.1) is 11.3 Å². The fraction of sp³-hybridized carbons (Fsp3) is 0. The van der Waals surface area contributed by atoms with Gasteiger partial charge in [-0.3, -0.25) is 4.79 Å². The van der Waals surface area contributed by atoms with E-state index in [2.05, 4.69) is 21.2 Å². The third-order valence-corrected chi connectivity index (χ3v) is 3.04. The van der Waals surface area contributed by atoms with Crippen molar-refractivity contribution in [3.8, 4) is 0 Å². The largest absolute Gasteiger partial charge is 0.478 e. The van der Waals surface area contributed by atoms with Crippen LogP contribution in [0, 0.1) is 5.82 Å². The summed E-state index contributed by atoms with van der Waals surface area (Å²) in [6.45, 7) is 0. The summed E-state index contributed by atoms with van der Waals surface area (Å²) in [4.78, 5) is 22.6. The second-order valence-corrected chi connectivity index (χ2v) is 4.88. The van der Waals surface area contributed by atoms with E-state index in [0.29, 0.717) is 5.56 Å². The highest BCUT2D eigenvalue weighted by molar-refractivity contribution is 9.10. The zero-order chi connectivity index (χ0) is 14.7. The Kier molecular flexibility index (Phi) is 4.14. The maximum absolute atomic E-state index is 13.7. The Morgan fingerprint density at radius 3 is 2.45 bits per heavy atom. The van der Waals surface area contributed by atoms with E-state index >= 15 is 0 Å². The number of carbonyl (C=O) groups is 2. The fourth-order valence-corrected chi connectivity index (χ4v) is 1.97. The van der Waals surface area contributed by atoms with E-state index < -0.39 is 17.7 Å². The van der Waals surface area contributed by atoms with Crippen molar-refractivity contribution in [2.24, 2.45) is 0 Å². The molecule has 0 bridgehead atoms. The average molecular weight is 338 g/mol. The third kappa shape index (κ3) is 3.21. The second kappa shape index (κ2) is 5.83. The summed E-state index contributed by atoms with van der Waals surface area (Å²) in [6, 6.07) is 9.93. The summed E-state index contributed by atoms with van der Waals surface area (Å²) in [5.74, 6) is -2.50. The van der Waals surface area contributed by atoms with Crippen molar-refractivity contribution in [1.82, 2.24) is 0 Å². The number of halogens is 2. The van der Waals surface area contributed by atoms with Crippen LogP contribution in [0.4, 0.5) is 10.1 Å². The summed E-state index contributed by atoms with van der Waals surface area (Å²) >= 11 is 3.24. The Bertz CT molecular complexity index is 688. The lowest BCUT2D eigenvalue weighted by Gasteiger charge is -2.07. The lowest BCUT2D eigenvalue weighted by Crippen LogP contribution is -2.13. The molecule has 0 spiro atoms. The quantitative estimate of drug-likeness (QED) is 0.900.